The molecular formula is C26H54I2N2O4S4. The number of hydroxylamine groups is 2. The lowest BCUT2D eigenvalue weighted by molar-refractivity contribution is -0.870. The van der Waals surface area contributed by atoms with Gasteiger partial charge in [0.25, 0.3) is 0 Å². The van der Waals surface area contributed by atoms with Crippen LogP contribution in [0.1, 0.15) is 79.4 Å². The highest BCUT2D eigenvalue weighted by molar-refractivity contribution is 14.1. The molecule has 2 atom stereocenters. The van der Waals surface area contributed by atoms with Crippen molar-refractivity contribution in [3.63, 3.8) is 0 Å². The summed E-state index contributed by atoms with van der Waals surface area (Å²) in [6.07, 6.45) is 10.5. The first-order valence-corrected chi connectivity index (χ1v) is 20.1. The first-order valence-electron chi connectivity index (χ1n) is 13.9. The number of halogens is 2. The number of quaternary nitrogens is 1. The van der Waals surface area contributed by atoms with E-state index in [4.69, 9.17) is 10.9 Å². The van der Waals surface area contributed by atoms with Gasteiger partial charge in [-0.1, -0.05) is 92.4 Å². The van der Waals surface area contributed by atoms with Crippen molar-refractivity contribution in [2.45, 2.75) is 88.5 Å². The fraction of sp³-hybridized carbons (Fsp3) is 0.923. The molecule has 38 heavy (non-hydrogen) atoms. The smallest absolute Gasteiger partial charge is 0.325 e. The van der Waals surface area contributed by atoms with Gasteiger partial charge < -0.3 is 38.0 Å². The van der Waals surface area contributed by atoms with Crippen molar-refractivity contribution in [1.29, 1.82) is 0 Å². The highest BCUT2D eigenvalue weighted by atomic mass is 127. The van der Waals surface area contributed by atoms with Crippen LogP contribution in [0.5, 0.6) is 0 Å². The van der Waals surface area contributed by atoms with Gasteiger partial charge in [0, 0.05) is 50.3 Å². The Morgan fingerprint density at radius 2 is 1.37 bits per heavy atom. The fourth-order valence-electron chi connectivity index (χ4n) is 3.17. The van der Waals surface area contributed by atoms with Crippen LogP contribution in [0.15, 0.2) is 0 Å². The van der Waals surface area contributed by atoms with E-state index >= 15 is 0 Å². The molecule has 2 saturated heterocycles. The van der Waals surface area contributed by atoms with Crippen LogP contribution in [0.25, 0.3) is 0 Å². The van der Waals surface area contributed by atoms with E-state index in [1.165, 1.54) is 42.3 Å². The predicted molar refractivity (Wildman–Crippen MR) is 179 cm³/mol. The Morgan fingerprint density at radius 3 is 1.74 bits per heavy atom. The number of ether oxygens (including phenoxy) is 1. The summed E-state index contributed by atoms with van der Waals surface area (Å²) in [5.74, 6) is 2.44. The van der Waals surface area contributed by atoms with E-state index in [0.29, 0.717) is 26.3 Å². The van der Waals surface area contributed by atoms with Crippen molar-refractivity contribution in [2.75, 3.05) is 64.8 Å². The van der Waals surface area contributed by atoms with Crippen molar-refractivity contribution >= 4 is 77.7 Å². The number of nitrogens with zero attached hydrogens (tertiary/aromatic N) is 2. The topological polar surface area (TPSA) is 55.8 Å². The molecule has 12 heteroatoms. The van der Waals surface area contributed by atoms with E-state index in [1.807, 2.05) is 48.1 Å². The zero-order valence-electron chi connectivity index (χ0n) is 25.7. The monoisotopic (exact) mass is 841 g/mol. The zero-order chi connectivity index (χ0) is 29.2. The summed E-state index contributed by atoms with van der Waals surface area (Å²) in [5.41, 5.74) is 0. The van der Waals surface area contributed by atoms with Crippen LogP contribution in [-0.4, -0.2) is 96.8 Å². The van der Waals surface area contributed by atoms with Gasteiger partial charge in [-0.2, -0.15) is 0 Å². The molecule has 0 aromatic carbocycles. The third-order valence-corrected chi connectivity index (χ3v) is 11.1. The Bertz CT molecular complexity index is 569. The van der Waals surface area contributed by atoms with Gasteiger partial charge in [-0.05, 0) is 43.5 Å². The Hall–Kier alpha value is 1.72. The van der Waals surface area contributed by atoms with E-state index < -0.39 is 0 Å². The summed E-state index contributed by atoms with van der Waals surface area (Å²) < 4.78 is 12.3. The molecule has 2 fully saturated rings. The molecule has 0 bridgehead atoms. The van der Waals surface area contributed by atoms with Crippen LogP contribution in [0.3, 0.4) is 0 Å². The van der Waals surface area contributed by atoms with Gasteiger partial charge in [-0.25, -0.2) is 0 Å². The van der Waals surface area contributed by atoms with Gasteiger partial charge in [-0.15, -0.1) is 5.06 Å². The second kappa shape index (κ2) is 30.2. The summed E-state index contributed by atoms with van der Waals surface area (Å²) in [5, 5.41) is 3.09. The number of hydrogen-bond acceptors (Lipinski definition) is 9. The zero-order valence-corrected chi connectivity index (χ0v) is 32.3. The molecule has 2 rings (SSSR count). The van der Waals surface area contributed by atoms with Crippen molar-refractivity contribution in [3.05, 3.63) is 0 Å². The maximum absolute atomic E-state index is 11.5. The second-order valence-corrected chi connectivity index (χ2v) is 15.2. The lowest BCUT2D eigenvalue weighted by atomic mass is 10.1. The minimum absolute atomic E-state index is 0. The maximum atomic E-state index is 11.5. The van der Waals surface area contributed by atoms with Gasteiger partial charge in [0.1, 0.15) is 13.2 Å². The number of esters is 1. The summed E-state index contributed by atoms with van der Waals surface area (Å²) in [7, 11) is 17.7. The van der Waals surface area contributed by atoms with Crippen LogP contribution in [0.4, 0.5) is 0 Å². The Labute approximate surface area is 282 Å². The van der Waals surface area contributed by atoms with Crippen molar-refractivity contribution < 1.29 is 49.0 Å². The molecule has 0 unspecified atom stereocenters. The van der Waals surface area contributed by atoms with Crippen LogP contribution < -0.4 is 24.0 Å². The predicted octanol–water partition coefficient (Wildman–Crippen LogP) is 4.75. The molecule has 2 heterocycles. The van der Waals surface area contributed by atoms with Crippen LogP contribution in [0, 0.1) is 0 Å². The molecule has 0 saturated carbocycles. The Kier molecular flexibility index (Phi) is 33.2. The standard InChI is InChI=1S/C13H26NO2S2.C10H19NO2S2.C2H6.CH3I.HI/c1-14(2,3)9-10-16-13(15)7-5-4-6-12-8-11-17-18-12;1-11(2)13-10(12)6-4-3-5-9-7-8-14-15-9;2*1-2;/h12H,4-11H2,1-3H3;9H,3-8H2,1-2H3;1-2H3;1H3;1H/q+1;;;;/p-1/t12-;9-;;;/m11.../s1/i;;1D;;. The summed E-state index contributed by atoms with van der Waals surface area (Å²) in [4.78, 5) is 29.5. The lowest BCUT2D eigenvalue weighted by Crippen LogP contribution is -3.00. The van der Waals surface area contributed by atoms with Crippen LogP contribution >= 0.6 is 65.8 Å². The first-order chi connectivity index (χ1) is 18.1. The summed E-state index contributed by atoms with van der Waals surface area (Å²) in [6, 6.07) is 0. The van der Waals surface area contributed by atoms with Crippen LogP contribution in [0.2, 0.25) is 0 Å². The summed E-state index contributed by atoms with van der Waals surface area (Å²) in [6.45, 7) is 3.71. The van der Waals surface area contributed by atoms with Gasteiger partial charge in [0.2, 0.25) is 0 Å². The molecule has 0 aliphatic carbocycles. The Morgan fingerprint density at radius 1 is 0.921 bits per heavy atom. The highest BCUT2D eigenvalue weighted by Crippen LogP contribution is 2.40. The van der Waals surface area contributed by atoms with E-state index in [0.717, 1.165) is 47.2 Å². The average molecular weight is 842 g/mol. The fourth-order valence-corrected chi connectivity index (χ4v) is 9.22. The quantitative estimate of drug-likeness (QED) is 0.0470. The molecule has 0 aromatic rings. The molecule has 0 N–H and O–H groups in total. The third-order valence-electron chi connectivity index (χ3n) is 5.08. The number of carbonyl (C=O) groups is 2. The third kappa shape index (κ3) is 30.7. The average Bonchev–Trinajstić information content (AvgIpc) is 3.55. The molecule has 0 aromatic heterocycles. The molecule has 0 radical (unpaired) electrons. The number of rotatable bonds is 14. The minimum Gasteiger partial charge on any atom is -1.00 e. The molecule has 230 valence electrons. The molecule has 0 amide bonds. The number of carbonyl (C=O) groups excluding carboxylic acids is 2. The minimum atomic E-state index is -0.117. The van der Waals surface area contributed by atoms with Crippen LogP contribution in [-0.2, 0) is 19.2 Å². The molecule has 0 spiro atoms. The number of likely N-dealkylation sites (N-methyl/N-ethyl adjacent to an activating group) is 1. The van der Waals surface area contributed by atoms with Crippen molar-refractivity contribution in [1.82, 2.24) is 5.06 Å². The molecule has 2 aliphatic rings. The largest absolute Gasteiger partial charge is 1.00 e. The highest BCUT2D eigenvalue weighted by Gasteiger charge is 2.17. The first kappa shape index (κ1) is 41.9. The lowest BCUT2D eigenvalue weighted by Gasteiger charge is -2.23. The molecule has 6 nitrogen and oxygen atoms in total. The van der Waals surface area contributed by atoms with E-state index in [9.17, 15) is 9.59 Å². The van der Waals surface area contributed by atoms with E-state index in [-0.39, 0.29) is 35.9 Å². The second-order valence-electron chi connectivity index (χ2n) is 9.66. The number of unbranched alkanes of at least 4 members (excludes halogenated alkanes) is 2. The summed E-state index contributed by atoms with van der Waals surface area (Å²) >= 11 is 2.15. The Balaban J connectivity index is -0.000000563. The molecule has 2 aliphatic heterocycles. The van der Waals surface area contributed by atoms with Gasteiger partial charge in [-0.3, -0.25) is 9.59 Å². The molecular weight excluding hydrogens is 786 g/mol. The van der Waals surface area contributed by atoms with Gasteiger partial charge in [0.05, 0.1) is 21.1 Å². The van der Waals surface area contributed by atoms with Crippen molar-refractivity contribution in [2.24, 2.45) is 0 Å². The van der Waals surface area contributed by atoms with E-state index in [1.54, 1.807) is 21.0 Å². The SMILES string of the molecule is CI.CN(C)OC(=O)CCCC[C@@H]1CCSS1.C[N+](C)(C)CCOC(=O)CCCC[C@@H]1CCSS1.[2H]CC.[I-]. The van der Waals surface area contributed by atoms with Gasteiger partial charge in [0.15, 0.2) is 0 Å². The van der Waals surface area contributed by atoms with Gasteiger partial charge >= 0.3 is 11.9 Å². The van der Waals surface area contributed by atoms with E-state index in [2.05, 4.69) is 43.7 Å². The number of hydrogen-bond donors (Lipinski definition) is 0. The van der Waals surface area contributed by atoms with Crippen molar-refractivity contribution in [3.8, 4) is 0 Å². The normalized spacial score (nSPS) is 18.4. The maximum Gasteiger partial charge on any atom is 0.325 e. The number of alkyl halides is 1.